The minimum atomic E-state index is 0.221. The molecule has 0 amide bonds. The van der Waals surface area contributed by atoms with Crippen molar-refractivity contribution in [3.05, 3.63) is 0 Å². The monoisotopic (exact) mass is 146 g/mol. The van der Waals surface area contributed by atoms with Gasteiger partial charge in [-0.2, -0.15) is 0 Å². The highest BCUT2D eigenvalue weighted by molar-refractivity contribution is 4.61. The van der Waals surface area contributed by atoms with Gasteiger partial charge in [0, 0.05) is 19.1 Å². The summed E-state index contributed by atoms with van der Waals surface area (Å²) < 4.78 is 0. The van der Waals surface area contributed by atoms with Gasteiger partial charge in [-0.3, -0.25) is 0 Å². The van der Waals surface area contributed by atoms with E-state index in [0.29, 0.717) is 12.6 Å². The molecule has 0 spiro atoms. The van der Waals surface area contributed by atoms with Crippen molar-refractivity contribution in [3.8, 4) is 0 Å². The molecule has 0 rings (SSSR count). The van der Waals surface area contributed by atoms with E-state index >= 15 is 0 Å². The second-order valence-corrected chi connectivity index (χ2v) is 2.39. The average molecular weight is 146 g/mol. The van der Waals surface area contributed by atoms with Gasteiger partial charge in [-0.05, 0) is 13.5 Å². The molecule has 0 fully saturated rings. The lowest BCUT2D eigenvalue weighted by Crippen LogP contribution is -2.37. The zero-order chi connectivity index (χ0) is 7.82. The van der Waals surface area contributed by atoms with Crippen LogP contribution in [0.15, 0.2) is 0 Å². The van der Waals surface area contributed by atoms with Crippen molar-refractivity contribution in [2.75, 3.05) is 26.2 Å². The van der Waals surface area contributed by atoms with E-state index in [1.165, 1.54) is 0 Å². The molecule has 0 unspecified atom stereocenters. The van der Waals surface area contributed by atoms with E-state index in [4.69, 9.17) is 5.11 Å². The molecule has 1 atom stereocenters. The molecule has 0 aliphatic heterocycles. The molecule has 0 aliphatic carbocycles. The van der Waals surface area contributed by atoms with E-state index in [-0.39, 0.29) is 6.61 Å². The van der Waals surface area contributed by atoms with Crippen molar-refractivity contribution < 1.29 is 5.11 Å². The van der Waals surface area contributed by atoms with Crippen LogP contribution in [0.5, 0.6) is 0 Å². The highest BCUT2D eigenvalue weighted by Crippen LogP contribution is 1.75. The van der Waals surface area contributed by atoms with Crippen LogP contribution in [0.2, 0.25) is 0 Å². The molecule has 0 saturated carbocycles. The van der Waals surface area contributed by atoms with Gasteiger partial charge in [0.15, 0.2) is 0 Å². The Morgan fingerprint density at radius 2 is 2.20 bits per heavy atom. The van der Waals surface area contributed by atoms with E-state index in [9.17, 15) is 0 Å². The van der Waals surface area contributed by atoms with Gasteiger partial charge in [0.2, 0.25) is 0 Å². The second-order valence-electron chi connectivity index (χ2n) is 2.39. The minimum Gasteiger partial charge on any atom is -0.395 e. The Labute approximate surface area is 62.8 Å². The highest BCUT2D eigenvalue weighted by Gasteiger charge is 1.95. The molecule has 0 heterocycles. The first kappa shape index (κ1) is 9.88. The maximum atomic E-state index is 8.43. The Bertz CT molecular complexity index is 68.6. The third kappa shape index (κ3) is 6.01. The van der Waals surface area contributed by atoms with Crippen LogP contribution in [0.1, 0.15) is 13.8 Å². The highest BCUT2D eigenvalue weighted by atomic mass is 16.3. The third-order valence-corrected chi connectivity index (χ3v) is 1.29. The Hall–Kier alpha value is -0.120. The number of likely N-dealkylation sites (N-methyl/N-ethyl adjacent to an activating group) is 1. The minimum absolute atomic E-state index is 0.221. The quantitative estimate of drug-likeness (QED) is 0.445. The number of hydrogen-bond donors (Lipinski definition) is 3. The van der Waals surface area contributed by atoms with E-state index in [2.05, 4.69) is 24.5 Å². The summed E-state index contributed by atoms with van der Waals surface area (Å²) in [5.74, 6) is 0. The van der Waals surface area contributed by atoms with Gasteiger partial charge in [0.05, 0.1) is 6.61 Å². The molecule has 3 heteroatoms. The number of hydrogen-bond acceptors (Lipinski definition) is 3. The van der Waals surface area contributed by atoms with E-state index < -0.39 is 0 Å². The predicted molar refractivity (Wildman–Crippen MR) is 43.1 cm³/mol. The van der Waals surface area contributed by atoms with Crippen LogP contribution in [-0.4, -0.2) is 37.4 Å². The van der Waals surface area contributed by atoms with Crippen molar-refractivity contribution in [2.45, 2.75) is 19.9 Å². The molecular weight excluding hydrogens is 128 g/mol. The average Bonchev–Trinajstić information content (AvgIpc) is 1.89. The van der Waals surface area contributed by atoms with Crippen molar-refractivity contribution in [1.29, 1.82) is 0 Å². The van der Waals surface area contributed by atoms with Crippen molar-refractivity contribution in [2.24, 2.45) is 0 Å². The summed E-state index contributed by atoms with van der Waals surface area (Å²) in [5.41, 5.74) is 0. The number of nitrogens with one attached hydrogen (secondary N) is 2. The first-order valence-electron chi connectivity index (χ1n) is 3.86. The van der Waals surface area contributed by atoms with Crippen LogP contribution in [-0.2, 0) is 0 Å². The molecule has 10 heavy (non-hydrogen) atoms. The van der Waals surface area contributed by atoms with Gasteiger partial charge in [0.25, 0.3) is 0 Å². The molecule has 3 N–H and O–H groups in total. The lowest BCUT2D eigenvalue weighted by Gasteiger charge is -2.11. The van der Waals surface area contributed by atoms with Gasteiger partial charge in [-0.25, -0.2) is 0 Å². The summed E-state index contributed by atoms with van der Waals surface area (Å²) >= 11 is 0. The topological polar surface area (TPSA) is 44.3 Å². The Morgan fingerprint density at radius 1 is 1.50 bits per heavy atom. The van der Waals surface area contributed by atoms with Gasteiger partial charge >= 0.3 is 0 Å². The molecule has 0 saturated heterocycles. The normalized spacial score (nSPS) is 13.5. The first-order valence-corrected chi connectivity index (χ1v) is 3.86. The molecule has 62 valence electrons. The van der Waals surface area contributed by atoms with Crippen molar-refractivity contribution in [3.63, 3.8) is 0 Å². The second kappa shape index (κ2) is 6.99. The van der Waals surface area contributed by atoms with E-state index in [1.807, 2.05) is 0 Å². The van der Waals surface area contributed by atoms with Crippen LogP contribution in [0, 0.1) is 0 Å². The standard InChI is InChI=1S/C7H18N2O/c1-3-9-7(2)6-8-4-5-10/h7-10H,3-6H2,1-2H3/t7-/m1/s1. The molecule has 0 aromatic carbocycles. The Kier molecular flexibility index (Phi) is 6.91. The SMILES string of the molecule is CCN[C@H](C)CNCCO. The molecule has 0 aromatic heterocycles. The number of aliphatic hydroxyl groups is 1. The zero-order valence-electron chi connectivity index (χ0n) is 6.85. The van der Waals surface area contributed by atoms with Crippen LogP contribution in [0.4, 0.5) is 0 Å². The summed E-state index contributed by atoms with van der Waals surface area (Å²) in [6, 6.07) is 0.497. The van der Waals surface area contributed by atoms with Crippen molar-refractivity contribution in [1.82, 2.24) is 10.6 Å². The maximum absolute atomic E-state index is 8.43. The van der Waals surface area contributed by atoms with Crippen LogP contribution >= 0.6 is 0 Å². The maximum Gasteiger partial charge on any atom is 0.0555 e. The van der Waals surface area contributed by atoms with Crippen LogP contribution in [0.3, 0.4) is 0 Å². The molecule has 3 nitrogen and oxygen atoms in total. The molecule has 0 bridgehead atoms. The summed E-state index contributed by atoms with van der Waals surface area (Å²) in [6.45, 7) is 7.04. The van der Waals surface area contributed by atoms with E-state index in [0.717, 1.165) is 13.1 Å². The zero-order valence-corrected chi connectivity index (χ0v) is 6.85. The summed E-state index contributed by atoms with van der Waals surface area (Å²) in [4.78, 5) is 0. The van der Waals surface area contributed by atoms with Gasteiger partial charge in [-0.15, -0.1) is 0 Å². The summed E-state index contributed by atoms with van der Waals surface area (Å²) in [5, 5.41) is 14.8. The summed E-state index contributed by atoms with van der Waals surface area (Å²) in [6.07, 6.45) is 0. The van der Waals surface area contributed by atoms with Gasteiger partial charge in [0.1, 0.15) is 0 Å². The summed E-state index contributed by atoms with van der Waals surface area (Å²) in [7, 11) is 0. The number of rotatable bonds is 6. The molecular formula is C7H18N2O. The predicted octanol–water partition coefficient (Wildman–Crippen LogP) is -0.434. The Morgan fingerprint density at radius 3 is 2.70 bits per heavy atom. The van der Waals surface area contributed by atoms with Gasteiger partial charge in [-0.1, -0.05) is 6.92 Å². The fraction of sp³-hybridized carbons (Fsp3) is 1.00. The molecule has 0 aromatic rings. The molecule has 0 radical (unpaired) electrons. The fourth-order valence-electron chi connectivity index (χ4n) is 0.818. The van der Waals surface area contributed by atoms with E-state index in [1.54, 1.807) is 0 Å². The van der Waals surface area contributed by atoms with Crippen LogP contribution in [0.25, 0.3) is 0 Å². The van der Waals surface area contributed by atoms with Gasteiger partial charge < -0.3 is 15.7 Å². The van der Waals surface area contributed by atoms with Crippen molar-refractivity contribution >= 4 is 0 Å². The molecule has 0 aliphatic rings. The smallest absolute Gasteiger partial charge is 0.0555 e. The fourth-order valence-corrected chi connectivity index (χ4v) is 0.818. The largest absolute Gasteiger partial charge is 0.395 e. The lowest BCUT2D eigenvalue weighted by molar-refractivity contribution is 0.290. The number of aliphatic hydroxyl groups excluding tert-OH is 1. The van der Waals surface area contributed by atoms with Crippen LogP contribution < -0.4 is 10.6 Å². The lowest BCUT2D eigenvalue weighted by atomic mass is 10.3. The first-order chi connectivity index (χ1) is 4.81. The third-order valence-electron chi connectivity index (χ3n) is 1.29. The Balaban J connectivity index is 2.97.